The van der Waals surface area contributed by atoms with E-state index in [1.807, 2.05) is 0 Å². The number of hydrogen-bond donors (Lipinski definition) is 0. The zero-order valence-electron chi connectivity index (χ0n) is 20.4. The lowest BCUT2D eigenvalue weighted by Crippen LogP contribution is -2.54. The van der Waals surface area contributed by atoms with Gasteiger partial charge in [-0.15, -0.1) is 0 Å². The molecule has 0 heterocycles. The van der Waals surface area contributed by atoms with Crippen LogP contribution in [-0.2, 0) is 8.85 Å². The van der Waals surface area contributed by atoms with Gasteiger partial charge in [0.1, 0.15) is 0 Å². The predicted molar refractivity (Wildman–Crippen MR) is 128 cm³/mol. The molecule has 0 radical (unpaired) electrons. The van der Waals surface area contributed by atoms with Crippen molar-refractivity contribution in [1.82, 2.24) is 0 Å². The monoisotopic (exact) mass is 434 g/mol. The highest BCUT2D eigenvalue weighted by Crippen LogP contribution is 2.66. The SMILES string of the molecule is C[C@]12CCC3C(CC[C@@H]4CC(O[Si](C)(C)C)=CC[C@]34C)C1CC[C@@H]2O[Si](C)(C)C. The van der Waals surface area contributed by atoms with Gasteiger partial charge in [0.05, 0.1) is 11.9 Å². The number of fused-ring (bicyclic) bond motifs is 5. The molecule has 4 heteroatoms. The van der Waals surface area contributed by atoms with Crippen molar-refractivity contribution in [3.05, 3.63) is 11.8 Å². The fourth-order valence-corrected chi connectivity index (χ4v) is 10.1. The largest absolute Gasteiger partial charge is 0.548 e. The lowest BCUT2D eigenvalue weighted by Gasteiger charge is -2.60. The van der Waals surface area contributed by atoms with Crippen LogP contribution in [0.4, 0.5) is 0 Å². The molecular formula is C25H46O2Si2. The Morgan fingerprint density at radius 2 is 1.52 bits per heavy atom. The van der Waals surface area contributed by atoms with E-state index < -0.39 is 16.6 Å². The van der Waals surface area contributed by atoms with E-state index in [0.717, 1.165) is 23.7 Å². The molecule has 3 saturated carbocycles. The highest BCUT2D eigenvalue weighted by molar-refractivity contribution is 6.70. The first-order valence-corrected chi connectivity index (χ1v) is 19.2. The van der Waals surface area contributed by atoms with Crippen LogP contribution < -0.4 is 0 Å². The van der Waals surface area contributed by atoms with Crippen molar-refractivity contribution < 1.29 is 8.85 Å². The van der Waals surface area contributed by atoms with Gasteiger partial charge in [-0.25, -0.2) is 0 Å². The average molecular weight is 435 g/mol. The zero-order valence-corrected chi connectivity index (χ0v) is 22.4. The molecule has 7 atom stereocenters. The Morgan fingerprint density at radius 1 is 0.828 bits per heavy atom. The van der Waals surface area contributed by atoms with Crippen LogP contribution in [0.25, 0.3) is 0 Å². The molecule has 0 aromatic heterocycles. The Bertz CT molecular complexity index is 661. The van der Waals surface area contributed by atoms with Gasteiger partial charge in [-0.3, -0.25) is 0 Å². The van der Waals surface area contributed by atoms with E-state index in [1.165, 1.54) is 57.1 Å². The molecule has 0 amide bonds. The van der Waals surface area contributed by atoms with E-state index in [1.54, 1.807) is 0 Å². The van der Waals surface area contributed by atoms with Crippen molar-refractivity contribution >= 4 is 16.6 Å². The molecule has 0 spiro atoms. The molecule has 0 N–H and O–H groups in total. The van der Waals surface area contributed by atoms with Crippen LogP contribution in [-0.4, -0.2) is 22.7 Å². The summed E-state index contributed by atoms with van der Waals surface area (Å²) in [6.45, 7) is 19.3. The van der Waals surface area contributed by atoms with Crippen LogP contribution in [0.15, 0.2) is 11.8 Å². The molecule has 3 unspecified atom stereocenters. The first-order valence-electron chi connectivity index (χ1n) is 12.4. The van der Waals surface area contributed by atoms with Crippen molar-refractivity contribution in [2.45, 2.75) is 111 Å². The fraction of sp³-hybridized carbons (Fsp3) is 0.920. The smallest absolute Gasteiger partial charge is 0.241 e. The molecule has 2 nitrogen and oxygen atoms in total. The van der Waals surface area contributed by atoms with Gasteiger partial charge in [-0.2, -0.15) is 0 Å². The molecule has 0 bridgehead atoms. The normalized spacial score (nSPS) is 45.1. The topological polar surface area (TPSA) is 18.5 Å². The highest BCUT2D eigenvalue weighted by Gasteiger charge is 2.60. The minimum absolute atomic E-state index is 0.432. The summed E-state index contributed by atoms with van der Waals surface area (Å²) in [6.07, 6.45) is 13.9. The summed E-state index contributed by atoms with van der Waals surface area (Å²) in [5.41, 5.74) is 0.926. The summed E-state index contributed by atoms with van der Waals surface area (Å²) < 4.78 is 13.2. The molecule has 0 aromatic carbocycles. The van der Waals surface area contributed by atoms with Gasteiger partial charge in [-0.05, 0) is 125 Å². The van der Waals surface area contributed by atoms with Gasteiger partial charge in [0, 0.05) is 6.42 Å². The van der Waals surface area contributed by atoms with Crippen molar-refractivity contribution in [2.75, 3.05) is 0 Å². The van der Waals surface area contributed by atoms with Gasteiger partial charge < -0.3 is 8.85 Å². The molecule has 0 aromatic rings. The standard InChI is InChI=1S/C25H46O2Si2/c1-24-15-13-19(26-28(3,4)5)17-18(24)9-10-20-21-11-12-23(27-29(6,7)8)25(21,2)16-14-22(20)24/h13,18,20-23H,9-12,14-17H2,1-8H3/t18-,20?,21?,22?,23+,24+,25+/m1/s1. The summed E-state index contributed by atoms with van der Waals surface area (Å²) in [6, 6.07) is 0. The Hall–Kier alpha value is -0.0662. The molecule has 166 valence electrons. The van der Waals surface area contributed by atoms with Gasteiger partial charge >= 0.3 is 0 Å². The molecular weight excluding hydrogens is 388 g/mol. The Labute approximate surface area is 182 Å². The van der Waals surface area contributed by atoms with Crippen molar-refractivity contribution in [3.63, 3.8) is 0 Å². The van der Waals surface area contributed by atoms with E-state index in [-0.39, 0.29) is 0 Å². The number of hydrogen-bond acceptors (Lipinski definition) is 2. The summed E-state index contributed by atoms with van der Waals surface area (Å²) in [7, 11) is -2.97. The Balaban J connectivity index is 1.53. The molecule has 4 aliphatic rings. The van der Waals surface area contributed by atoms with Gasteiger partial charge in [0.2, 0.25) is 8.32 Å². The average Bonchev–Trinajstić information content (AvgIpc) is 2.89. The van der Waals surface area contributed by atoms with Crippen molar-refractivity contribution in [3.8, 4) is 0 Å². The lowest BCUT2D eigenvalue weighted by molar-refractivity contribution is -0.108. The highest BCUT2D eigenvalue weighted by atomic mass is 28.4. The third-order valence-electron chi connectivity index (χ3n) is 9.13. The maximum absolute atomic E-state index is 6.76. The maximum Gasteiger partial charge on any atom is 0.241 e. The van der Waals surface area contributed by atoms with Crippen LogP contribution in [0.3, 0.4) is 0 Å². The predicted octanol–water partition coefficient (Wildman–Crippen LogP) is 7.59. The van der Waals surface area contributed by atoms with E-state index in [2.05, 4.69) is 59.2 Å². The number of rotatable bonds is 4. The second-order valence-electron chi connectivity index (χ2n) is 13.3. The molecule has 4 aliphatic carbocycles. The van der Waals surface area contributed by atoms with Crippen LogP contribution in [0.5, 0.6) is 0 Å². The van der Waals surface area contributed by atoms with E-state index >= 15 is 0 Å². The van der Waals surface area contributed by atoms with Gasteiger partial charge in [0.25, 0.3) is 0 Å². The van der Waals surface area contributed by atoms with E-state index in [0.29, 0.717) is 16.9 Å². The minimum atomic E-state index is -1.49. The third kappa shape index (κ3) is 4.07. The Morgan fingerprint density at radius 3 is 2.17 bits per heavy atom. The second-order valence-corrected chi connectivity index (χ2v) is 22.2. The first kappa shape index (κ1) is 22.1. The summed E-state index contributed by atoms with van der Waals surface area (Å²) in [5.74, 6) is 4.90. The molecule has 0 saturated heterocycles. The quantitative estimate of drug-likeness (QED) is 0.424. The molecule has 29 heavy (non-hydrogen) atoms. The van der Waals surface area contributed by atoms with E-state index in [4.69, 9.17) is 8.85 Å². The zero-order chi connectivity index (χ0) is 21.2. The van der Waals surface area contributed by atoms with Crippen LogP contribution in [0, 0.1) is 34.5 Å². The molecule has 0 aliphatic heterocycles. The fourth-order valence-electron chi connectivity index (χ4n) is 7.90. The second kappa shape index (κ2) is 7.23. The third-order valence-corrected chi connectivity index (χ3v) is 11.0. The van der Waals surface area contributed by atoms with Crippen molar-refractivity contribution in [2.24, 2.45) is 34.5 Å². The van der Waals surface area contributed by atoms with Crippen LogP contribution in [0.1, 0.15) is 65.2 Å². The van der Waals surface area contributed by atoms with Crippen LogP contribution in [0.2, 0.25) is 39.3 Å². The summed E-state index contributed by atoms with van der Waals surface area (Å²) in [4.78, 5) is 0. The lowest BCUT2D eigenvalue weighted by atomic mass is 9.46. The summed E-state index contributed by atoms with van der Waals surface area (Å²) in [5, 5.41) is 0. The minimum Gasteiger partial charge on any atom is -0.548 e. The Kier molecular flexibility index (Phi) is 5.52. The maximum atomic E-state index is 6.76. The van der Waals surface area contributed by atoms with Crippen LogP contribution >= 0.6 is 0 Å². The first-order chi connectivity index (χ1) is 13.3. The van der Waals surface area contributed by atoms with Gasteiger partial charge in [-0.1, -0.05) is 13.8 Å². The molecule has 3 fully saturated rings. The van der Waals surface area contributed by atoms with E-state index in [9.17, 15) is 0 Å². The van der Waals surface area contributed by atoms with Gasteiger partial charge in [0.15, 0.2) is 8.32 Å². The number of allylic oxidation sites excluding steroid dienone is 2. The van der Waals surface area contributed by atoms with Crippen molar-refractivity contribution in [1.29, 1.82) is 0 Å². The summed E-state index contributed by atoms with van der Waals surface area (Å²) >= 11 is 0. The molecule has 4 rings (SSSR count).